The Balaban J connectivity index is 2.12. The molecule has 1 atom stereocenters. The van der Waals surface area contributed by atoms with Gasteiger partial charge in [-0.3, -0.25) is 4.79 Å². The lowest BCUT2D eigenvalue weighted by Gasteiger charge is -2.18. The summed E-state index contributed by atoms with van der Waals surface area (Å²) in [5.41, 5.74) is 1.33. The van der Waals surface area contributed by atoms with E-state index in [1.54, 1.807) is 38.2 Å². The van der Waals surface area contributed by atoms with Crippen LogP contribution in [0.5, 0.6) is 0 Å². The molecule has 0 radical (unpaired) electrons. The number of carbonyl (C=O) groups excluding carboxylic acids is 1. The second kappa shape index (κ2) is 5.62. The molecule has 1 aromatic heterocycles. The zero-order valence-corrected chi connectivity index (χ0v) is 10.8. The Kier molecular flexibility index (Phi) is 3.91. The van der Waals surface area contributed by atoms with E-state index < -0.39 is 6.10 Å². The molecule has 1 aromatic carbocycles. The molecule has 0 aliphatic carbocycles. The SMILES string of the molecule is CC(O)CN(C)C(=O)c1ccc(-c2ncon2)cc1. The van der Waals surface area contributed by atoms with E-state index in [4.69, 9.17) is 0 Å². The third-order valence-corrected chi connectivity index (χ3v) is 2.64. The molecule has 0 bridgehead atoms. The van der Waals surface area contributed by atoms with Gasteiger partial charge < -0.3 is 14.5 Å². The summed E-state index contributed by atoms with van der Waals surface area (Å²) in [5, 5.41) is 13.0. The van der Waals surface area contributed by atoms with E-state index in [0.29, 0.717) is 17.9 Å². The lowest BCUT2D eigenvalue weighted by Crippen LogP contribution is -2.32. The summed E-state index contributed by atoms with van der Waals surface area (Å²) in [5.74, 6) is 0.344. The van der Waals surface area contributed by atoms with E-state index in [2.05, 4.69) is 14.7 Å². The van der Waals surface area contributed by atoms with Crippen molar-refractivity contribution in [1.82, 2.24) is 15.0 Å². The first-order chi connectivity index (χ1) is 9.08. The summed E-state index contributed by atoms with van der Waals surface area (Å²) in [6.07, 6.45) is 0.706. The summed E-state index contributed by atoms with van der Waals surface area (Å²) in [7, 11) is 1.65. The monoisotopic (exact) mass is 261 g/mol. The zero-order valence-electron chi connectivity index (χ0n) is 10.8. The number of amides is 1. The van der Waals surface area contributed by atoms with E-state index in [1.165, 1.54) is 11.3 Å². The lowest BCUT2D eigenvalue weighted by molar-refractivity contribution is 0.0703. The highest BCUT2D eigenvalue weighted by Crippen LogP contribution is 2.15. The molecular weight excluding hydrogens is 246 g/mol. The molecule has 2 aromatic rings. The van der Waals surface area contributed by atoms with Crippen LogP contribution in [0.2, 0.25) is 0 Å². The summed E-state index contributed by atoms with van der Waals surface area (Å²) >= 11 is 0. The molecule has 1 N–H and O–H groups in total. The number of aromatic nitrogens is 2. The Hall–Kier alpha value is -2.21. The third kappa shape index (κ3) is 3.17. The normalized spacial score (nSPS) is 12.2. The average molecular weight is 261 g/mol. The van der Waals surface area contributed by atoms with E-state index >= 15 is 0 Å². The van der Waals surface area contributed by atoms with Crippen molar-refractivity contribution in [3.8, 4) is 11.4 Å². The second-order valence-electron chi connectivity index (χ2n) is 4.37. The minimum Gasteiger partial charge on any atom is -0.392 e. The molecule has 1 heterocycles. The third-order valence-electron chi connectivity index (χ3n) is 2.64. The van der Waals surface area contributed by atoms with Crippen LogP contribution in [0.25, 0.3) is 11.4 Å². The molecule has 0 saturated carbocycles. The van der Waals surface area contributed by atoms with E-state index in [9.17, 15) is 9.90 Å². The van der Waals surface area contributed by atoms with Gasteiger partial charge in [0.1, 0.15) is 0 Å². The van der Waals surface area contributed by atoms with E-state index in [1.807, 2.05) is 0 Å². The highest BCUT2D eigenvalue weighted by molar-refractivity contribution is 5.94. The molecule has 0 spiro atoms. The Morgan fingerprint density at radius 3 is 2.63 bits per heavy atom. The van der Waals surface area contributed by atoms with Crippen LogP contribution in [0.3, 0.4) is 0 Å². The molecule has 0 saturated heterocycles. The smallest absolute Gasteiger partial charge is 0.253 e. The van der Waals surface area contributed by atoms with Gasteiger partial charge in [0.15, 0.2) is 0 Å². The van der Waals surface area contributed by atoms with Gasteiger partial charge in [0.25, 0.3) is 5.91 Å². The fraction of sp³-hybridized carbons (Fsp3) is 0.308. The number of rotatable bonds is 4. The number of hydrogen-bond acceptors (Lipinski definition) is 5. The molecule has 6 nitrogen and oxygen atoms in total. The molecule has 0 fully saturated rings. The maximum absolute atomic E-state index is 12.0. The highest BCUT2D eigenvalue weighted by Gasteiger charge is 2.13. The summed E-state index contributed by atoms with van der Waals surface area (Å²) < 4.78 is 4.66. The maximum atomic E-state index is 12.0. The van der Waals surface area contributed by atoms with Gasteiger partial charge in [0.05, 0.1) is 6.10 Å². The van der Waals surface area contributed by atoms with Crippen molar-refractivity contribution in [2.24, 2.45) is 0 Å². The first kappa shape index (κ1) is 13.2. The summed E-state index contributed by atoms with van der Waals surface area (Å²) in [4.78, 5) is 17.5. The average Bonchev–Trinajstić information content (AvgIpc) is 2.91. The van der Waals surface area contributed by atoms with Crippen LogP contribution in [-0.2, 0) is 0 Å². The van der Waals surface area contributed by atoms with Crippen molar-refractivity contribution in [2.75, 3.05) is 13.6 Å². The van der Waals surface area contributed by atoms with Gasteiger partial charge in [-0.2, -0.15) is 4.98 Å². The largest absolute Gasteiger partial charge is 0.392 e. The number of aliphatic hydroxyl groups is 1. The Morgan fingerprint density at radius 1 is 1.42 bits per heavy atom. The first-order valence-electron chi connectivity index (χ1n) is 5.88. The van der Waals surface area contributed by atoms with E-state index in [0.717, 1.165) is 5.56 Å². The summed E-state index contributed by atoms with van der Waals surface area (Å²) in [6.45, 7) is 1.94. The van der Waals surface area contributed by atoms with Gasteiger partial charge in [-0.15, -0.1) is 0 Å². The Labute approximate surface area is 110 Å². The Morgan fingerprint density at radius 2 is 2.11 bits per heavy atom. The number of nitrogens with zero attached hydrogens (tertiary/aromatic N) is 3. The minimum atomic E-state index is -0.549. The van der Waals surface area contributed by atoms with Crippen molar-refractivity contribution in [1.29, 1.82) is 0 Å². The fourth-order valence-electron chi connectivity index (χ4n) is 1.76. The van der Waals surface area contributed by atoms with Crippen molar-refractivity contribution < 1.29 is 14.4 Å². The van der Waals surface area contributed by atoms with Gasteiger partial charge in [0, 0.05) is 24.7 Å². The van der Waals surface area contributed by atoms with Crippen LogP contribution in [0, 0.1) is 0 Å². The molecular formula is C13H15N3O3. The number of aliphatic hydroxyl groups excluding tert-OH is 1. The van der Waals surface area contributed by atoms with Crippen LogP contribution in [0.1, 0.15) is 17.3 Å². The predicted octanol–water partition coefficient (Wildman–Crippen LogP) is 1.19. The topological polar surface area (TPSA) is 79.5 Å². The molecule has 2 rings (SSSR count). The maximum Gasteiger partial charge on any atom is 0.253 e. The molecule has 19 heavy (non-hydrogen) atoms. The molecule has 100 valence electrons. The molecule has 0 aliphatic rings. The number of benzene rings is 1. The van der Waals surface area contributed by atoms with Crippen molar-refractivity contribution in [3.63, 3.8) is 0 Å². The van der Waals surface area contributed by atoms with E-state index in [-0.39, 0.29) is 5.91 Å². The van der Waals surface area contributed by atoms with Gasteiger partial charge in [-0.1, -0.05) is 17.3 Å². The van der Waals surface area contributed by atoms with Crippen LogP contribution >= 0.6 is 0 Å². The quantitative estimate of drug-likeness (QED) is 0.894. The second-order valence-corrected chi connectivity index (χ2v) is 4.37. The molecule has 6 heteroatoms. The fourth-order valence-corrected chi connectivity index (χ4v) is 1.76. The lowest BCUT2D eigenvalue weighted by atomic mass is 10.1. The van der Waals surface area contributed by atoms with Crippen LogP contribution in [-0.4, -0.2) is 45.8 Å². The van der Waals surface area contributed by atoms with Gasteiger partial charge in [-0.25, -0.2) is 0 Å². The number of likely N-dealkylation sites (N-methyl/N-ethyl adjacent to an activating group) is 1. The van der Waals surface area contributed by atoms with Crippen LogP contribution < -0.4 is 0 Å². The van der Waals surface area contributed by atoms with Gasteiger partial charge in [0.2, 0.25) is 12.2 Å². The number of carbonyl (C=O) groups is 1. The Bertz CT molecular complexity index is 535. The molecule has 0 aliphatic heterocycles. The van der Waals surface area contributed by atoms with Gasteiger partial charge >= 0.3 is 0 Å². The molecule has 1 amide bonds. The van der Waals surface area contributed by atoms with Crippen LogP contribution in [0.15, 0.2) is 35.2 Å². The summed E-state index contributed by atoms with van der Waals surface area (Å²) in [6, 6.07) is 6.92. The minimum absolute atomic E-state index is 0.138. The van der Waals surface area contributed by atoms with Crippen molar-refractivity contribution in [2.45, 2.75) is 13.0 Å². The number of hydrogen-bond donors (Lipinski definition) is 1. The first-order valence-corrected chi connectivity index (χ1v) is 5.88. The molecule has 1 unspecified atom stereocenters. The van der Waals surface area contributed by atoms with Crippen molar-refractivity contribution >= 4 is 5.91 Å². The standard InChI is InChI=1S/C13H15N3O3/c1-9(17)7-16(2)13(18)11-5-3-10(4-6-11)12-14-8-19-15-12/h3-6,8-9,17H,7H2,1-2H3. The highest BCUT2D eigenvalue weighted by atomic mass is 16.5. The van der Waals surface area contributed by atoms with Gasteiger partial charge in [-0.05, 0) is 19.1 Å². The van der Waals surface area contributed by atoms with Crippen LogP contribution in [0.4, 0.5) is 0 Å². The zero-order chi connectivity index (χ0) is 13.8. The predicted molar refractivity (Wildman–Crippen MR) is 68.4 cm³/mol. The van der Waals surface area contributed by atoms with Crippen molar-refractivity contribution in [3.05, 3.63) is 36.2 Å².